The molecule has 0 N–H and O–H groups in total. The highest BCUT2D eigenvalue weighted by Gasteiger charge is 2.30. The molecule has 0 aliphatic carbocycles. The Morgan fingerprint density at radius 1 is 1.36 bits per heavy atom. The van der Waals surface area contributed by atoms with Crippen LogP contribution < -0.4 is 4.90 Å². The van der Waals surface area contributed by atoms with Crippen molar-refractivity contribution in [1.29, 1.82) is 0 Å². The number of benzene rings is 1. The Hall–Kier alpha value is -1.51. The van der Waals surface area contributed by atoms with Crippen molar-refractivity contribution >= 4 is 11.8 Å². The van der Waals surface area contributed by atoms with E-state index in [0.717, 1.165) is 5.69 Å². The van der Waals surface area contributed by atoms with Gasteiger partial charge in [0, 0.05) is 5.69 Å². The Bertz CT molecular complexity index is 345. The smallest absolute Gasteiger partial charge is 0.414 e. The molecule has 1 amide bonds. The molecule has 0 radical (unpaired) electrons. The van der Waals surface area contributed by atoms with Crippen LogP contribution in [0.4, 0.5) is 10.5 Å². The number of ether oxygens (including phenoxy) is 1. The van der Waals surface area contributed by atoms with Crippen molar-refractivity contribution in [3.05, 3.63) is 29.8 Å². The number of cyclic esters (lactones) is 1. The van der Waals surface area contributed by atoms with Crippen LogP contribution in [-0.2, 0) is 4.74 Å². The number of aryl methyl sites for hydroxylation is 1. The fourth-order valence-electron chi connectivity index (χ4n) is 1.58. The first kappa shape index (κ1) is 9.06. The van der Waals surface area contributed by atoms with Crippen molar-refractivity contribution in [2.75, 3.05) is 11.5 Å². The summed E-state index contributed by atoms with van der Waals surface area (Å²) in [5.74, 6) is 0. The monoisotopic (exact) mass is 191 g/mol. The summed E-state index contributed by atoms with van der Waals surface area (Å²) in [5, 5.41) is 0. The number of amides is 1. The normalized spacial score (nSPS) is 21.1. The first-order chi connectivity index (χ1) is 6.68. The van der Waals surface area contributed by atoms with Gasteiger partial charge in [0.25, 0.3) is 0 Å². The fourth-order valence-corrected chi connectivity index (χ4v) is 1.58. The van der Waals surface area contributed by atoms with Gasteiger partial charge in [0.1, 0.15) is 6.61 Å². The summed E-state index contributed by atoms with van der Waals surface area (Å²) in [7, 11) is 0. The quantitative estimate of drug-likeness (QED) is 0.681. The molecule has 1 heterocycles. The van der Waals surface area contributed by atoms with E-state index in [0.29, 0.717) is 6.61 Å². The number of carbonyl (C=O) groups is 1. The minimum absolute atomic E-state index is 0.130. The Morgan fingerprint density at radius 3 is 2.50 bits per heavy atom. The number of carbonyl (C=O) groups excluding carboxylic acids is 1. The summed E-state index contributed by atoms with van der Waals surface area (Å²) in [5.41, 5.74) is 2.10. The minimum Gasteiger partial charge on any atom is -0.447 e. The summed E-state index contributed by atoms with van der Waals surface area (Å²) >= 11 is 0. The van der Waals surface area contributed by atoms with E-state index in [1.54, 1.807) is 4.90 Å². The maximum Gasteiger partial charge on any atom is 0.414 e. The van der Waals surface area contributed by atoms with Crippen LogP contribution in [-0.4, -0.2) is 18.7 Å². The molecular weight excluding hydrogens is 178 g/mol. The van der Waals surface area contributed by atoms with Gasteiger partial charge in [0.2, 0.25) is 0 Å². The highest BCUT2D eigenvalue weighted by molar-refractivity contribution is 5.90. The molecule has 1 atom stereocenters. The molecule has 3 heteroatoms. The van der Waals surface area contributed by atoms with Gasteiger partial charge in [-0.1, -0.05) is 17.7 Å². The van der Waals surface area contributed by atoms with Gasteiger partial charge in [-0.05, 0) is 26.0 Å². The van der Waals surface area contributed by atoms with Gasteiger partial charge in [0.05, 0.1) is 6.04 Å². The second kappa shape index (κ2) is 3.33. The summed E-state index contributed by atoms with van der Waals surface area (Å²) in [6.45, 7) is 4.48. The molecule has 0 spiro atoms. The van der Waals surface area contributed by atoms with E-state index in [1.165, 1.54) is 5.56 Å². The highest BCUT2D eigenvalue weighted by atomic mass is 16.6. The minimum atomic E-state index is -0.249. The second-order valence-corrected chi connectivity index (χ2v) is 3.63. The maximum absolute atomic E-state index is 11.4. The van der Waals surface area contributed by atoms with Crippen LogP contribution in [0.25, 0.3) is 0 Å². The van der Waals surface area contributed by atoms with E-state index in [9.17, 15) is 4.79 Å². The fraction of sp³-hybridized carbons (Fsp3) is 0.364. The zero-order valence-corrected chi connectivity index (χ0v) is 8.36. The van der Waals surface area contributed by atoms with Crippen LogP contribution in [0.3, 0.4) is 0 Å². The molecule has 1 aromatic rings. The Kier molecular flexibility index (Phi) is 2.15. The van der Waals surface area contributed by atoms with E-state index >= 15 is 0 Å². The molecule has 0 bridgehead atoms. The van der Waals surface area contributed by atoms with E-state index in [2.05, 4.69) is 0 Å². The van der Waals surface area contributed by atoms with Crippen LogP contribution in [0, 0.1) is 6.92 Å². The molecule has 1 aromatic carbocycles. The molecule has 1 aliphatic heterocycles. The van der Waals surface area contributed by atoms with Crippen molar-refractivity contribution < 1.29 is 9.53 Å². The molecule has 2 rings (SSSR count). The Balaban J connectivity index is 2.30. The van der Waals surface area contributed by atoms with Crippen LogP contribution in [0.5, 0.6) is 0 Å². The summed E-state index contributed by atoms with van der Waals surface area (Å²) in [6.07, 6.45) is -0.249. The summed E-state index contributed by atoms with van der Waals surface area (Å²) in [6, 6.07) is 8.00. The van der Waals surface area contributed by atoms with Gasteiger partial charge in [0.15, 0.2) is 0 Å². The van der Waals surface area contributed by atoms with Gasteiger partial charge in [-0.3, -0.25) is 4.90 Å². The van der Waals surface area contributed by atoms with Gasteiger partial charge in [-0.2, -0.15) is 0 Å². The predicted octanol–water partition coefficient (Wildman–Crippen LogP) is 2.34. The second-order valence-electron chi connectivity index (χ2n) is 3.63. The lowest BCUT2D eigenvalue weighted by Gasteiger charge is -2.17. The molecular formula is C11H13NO2. The van der Waals surface area contributed by atoms with E-state index in [1.807, 2.05) is 38.1 Å². The van der Waals surface area contributed by atoms with Gasteiger partial charge < -0.3 is 4.74 Å². The standard InChI is InChI=1S/C11H13NO2/c1-8-3-5-10(6-4-8)12-9(2)7-14-11(12)13/h3-6,9H,7H2,1-2H3. The molecule has 14 heavy (non-hydrogen) atoms. The number of hydrogen-bond donors (Lipinski definition) is 0. The average molecular weight is 191 g/mol. The van der Waals surface area contributed by atoms with E-state index in [-0.39, 0.29) is 12.1 Å². The van der Waals surface area contributed by atoms with Crippen molar-refractivity contribution in [3.63, 3.8) is 0 Å². The van der Waals surface area contributed by atoms with Crippen molar-refractivity contribution in [2.45, 2.75) is 19.9 Å². The molecule has 0 aromatic heterocycles. The number of hydrogen-bond acceptors (Lipinski definition) is 2. The third-order valence-electron chi connectivity index (χ3n) is 2.40. The third kappa shape index (κ3) is 1.45. The van der Waals surface area contributed by atoms with E-state index < -0.39 is 0 Å². The molecule has 1 unspecified atom stereocenters. The SMILES string of the molecule is Cc1ccc(N2C(=O)OCC2C)cc1. The molecule has 1 saturated heterocycles. The molecule has 74 valence electrons. The molecule has 3 nitrogen and oxygen atoms in total. The zero-order chi connectivity index (χ0) is 10.1. The number of nitrogens with zero attached hydrogens (tertiary/aromatic N) is 1. The van der Waals surface area contributed by atoms with Gasteiger partial charge in [-0.15, -0.1) is 0 Å². The van der Waals surface area contributed by atoms with Crippen LogP contribution in [0.2, 0.25) is 0 Å². The van der Waals surface area contributed by atoms with Crippen molar-refractivity contribution in [2.24, 2.45) is 0 Å². The lowest BCUT2D eigenvalue weighted by Crippen LogP contribution is -2.30. The van der Waals surface area contributed by atoms with Crippen molar-refractivity contribution in [1.82, 2.24) is 0 Å². The molecule has 1 fully saturated rings. The first-order valence-corrected chi connectivity index (χ1v) is 4.71. The highest BCUT2D eigenvalue weighted by Crippen LogP contribution is 2.22. The average Bonchev–Trinajstić information content (AvgIpc) is 2.49. The predicted molar refractivity (Wildman–Crippen MR) is 54.5 cm³/mol. The topological polar surface area (TPSA) is 29.5 Å². The van der Waals surface area contributed by atoms with Crippen molar-refractivity contribution in [3.8, 4) is 0 Å². The largest absolute Gasteiger partial charge is 0.447 e. The van der Waals surface area contributed by atoms with Crippen LogP contribution in [0.1, 0.15) is 12.5 Å². The zero-order valence-electron chi connectivity index (χ0n) is 8.36. The molecule has 1 aliphatic rings. The Morgan fingerprint density at radius 2 is 2.00 bits per heavy atom. The first-order valence-electron chi connectivity index (χ1n) is 4.71. The lowest BCUT2D eigenvalue weighted by atomic mass is 10.2. The Labute approximate surface area is 83.3 Å². The summed E-state index contributed by atoms with van der Waals surface area (Å²) in [4.78, 5) is 13.1. The summed E-state index contributed by atoms with van der Waals surface area (Å²) < 4.78 is 4.95. The number of rotatable bonds is 1. The van der Waals surface area contributed by atoms with Gasteiger partial charge in [-0.25, -0.2) is 4.79 Å². The lowest BCUT2D eigenvalue weighted by molar-refractivity contribution is 0.179. The van der Waals surface area contributed by atoms with Gasteiger partial charge >= 0.3 is 6.09 Å². The molecule has 0 saturated carbocycles. The number of anilines is 1. The third-order valence-corrected chi connectivity index (χ3v) is 2.40. The van der Waals surface area contributed by atoms with Crippen LogP contribution in [0.15, 0.2) is 24.3 Å². The maximum atomic E-state index is 11.4. The van der Waals surface area contributed by atoms with E-state index in [4.69, 9.17) is 4.74 Å². The van der Waals surface area contributed by atoms with Crippen LogP contribution >= 0.6 is 0 Å².